The lowest BCUT2D eigenvalue weighted by atomic mass is 9.76. The molecule has 4 aromatic rings. The lowest BCUT2D eigenvalue weighted by Crippen LogP contribution is -2.53. The predicted molar refractivity (Wildman–Crippen MR) is 138 cm³/mol. The zero-order valence-electron chi connectivity index (χ0n) is 20.0. The maximum atomic E-state index is 14.1. The lowest BCUT2D eigenvalue weighted by molar-refractivity contribution is -0.130. The molecule has 37 heavy (non-hydrogen) atoms. The second-order valence-corrected chi connectivity index (χ2v) is 9.84. The van der Waals surface area contributed by atoms with Crippen molar-refractivity contribution in [3.05, 3.63) is 90.1 Å². The number of hydrogen-bond donors (Lipinski definition) is 3. The Hall–Kier alpha value is -4.43. The molecule has 3 aliphatic rings. The Morgan fingerprint density at radius 2 is 1.68 bits per heavy atom. The molecule has 0 bridgehead atoms. The number of nitrogens with zero attached hydrogens (tertiary/aromatic N) is 1. The van der Waals surface area contributed by atoms with Gasteiger partial charge in [-0.1, -0.05) is 36.4 Å². The molecule has 0 aliphatic carbocycles. The minimum absolute atomic E-state index is 0.299. The van der Waals surface area contributed by atoms with Gasteiger partial charge in [-0.05, 0) is 48.4 Å². The predicted octanol–water partition coefficient (Wildman–Crippen LogP) is 3.34. The quantitative estimate of drug-likeness (QED) is 0.379. The van der Waals surface area contributed by atoms with Gasteiger partial charge in [0.2, 0.25) is 17.7 Å². The number of anilines is 2. The zero-order chi connectivity index (χ0) is 25.3. The number of fused-ring (bicyclic) bond motifs is 5. The van der Waals surface area contributed by atoms with Gasteiger partial charge in [-0.25, -0.2) is 4.90 Å². The average molecular weight is 493 g/mol. The maximum absolute atomic E-state index is 14.1. The van der Waals surface area contributed by atoms with Crippen molar-refractivity contribution >= 4 is 40.0 Å². The van der Waals surface area contributed by atoms with Crippen molar-refractivity contribution in [2.24, 2.45) is 11.8 Å². The molecule has 2 fully saturated rings. The van der Waals surface area contributed by atoms with E-state index >= 15 is 0 Å². The van der Waals surface area contributed by atoms with Crippen LogP contribution in [0.3, 0.4) is 0 Å². The van der Waals surface area contributed by atoms with Gasteiger partial charge in [0.05, 0.1) is 24.6 Å². The van der Waals surface area contributed by atoms with Crippen molar-refractivity contribution in [3.63, 3.8) is 0 Å². The Morgan fingerprint density at radius 1 is 0.919 bits per heavy atom. The van der Waals surface area contributed by atoms with Gasteiger partial charge < -0.3 is 15.0 Å². The van der Waals surface area contributed by atoms with Crippen LogP contribution in [0.25, 0.3) is 10.9 Å². The first-order valence-corrected chi connectivity index (χ1v) is 12.3. The van der Waals surface area contributed by atoms with Gasteiger partial charge in [-0.2, -0.15) is 0 Å². The number of imide groups is 1. The number of benzene rings is 3. The molecule has 4 atom stereocenters. The number of carbonyl (C=O) groups excluding carboxylic acids is 3. The first-order chi connectivity index (χ1) is 18.0. The van der Waals surface area contributed by atoms with Crippen LogP contribution in [-0.4, -0.2) is 35.9 Å². The van der Waals surface area contributed by atoms with Crippen molar-refractivity contribution in [2.45, 2.75) is 18.0 Å². The molecule has 1 aromatic heterocycles. The van der Waals surface area contributed by atoms with Crippen LogP contribution < -0.4 is 20.3 Å². The summed E-state index contributed by atoms with van der Waals surface area (Å²) in [7, 11) is 1.56. The number of aromatic amines is 1. The van der Waals surface area contributed by atoms with E-state index in [2.05, 4.69) is 15.6 Å². The monoisotopic (exact) mass is 492 g/mol. The van der Waals surface area contributed by atoms with Gasteiger partial charge >= 0.3 is 0 Å². The topological polar surface area (TPSA) is 104 Å². The van der Waals surface area contributed by atoms with Gasteiger partial charge in [-0.3, -0.25) is 19.7 Å². The van der Waals surface area contributed by atoms with E-state index in [-0.39, 0.29) is 17.7 Å². The Morgan fingerprint density at radius 3 is 2.49 bits per heavy atom. The van der Waals surface area contributed by atoms with E-state index in [4.69, 9.17) is 4.74 Å². The molecular weight excluding hydrogens is 468 g/mol. The number of amides is 3. The molecule has 3 aromatic carbocycles. The van der Waals surface area contributed by atoms with E-state index in [0.29, 0.717) is 29.1 Å². The molecule has 4 heterocycles. The van der Waals surface area contributed by atoms with Crippen molar-refractivity contribution in [1.29, 1.82) is 0 Å². The fourth-order valence-electron chi connectivity index (χ4n) is 6.46. The second kappa shape index (κ2) is 7.78. The fraction of sp³-hybridized carbons (Fsp3) is 0.207. The van der Waals surface area contributed by atoms with E-state index in [1.807, 2.05) is 54.7 Å². The maximum Gasteiger partial charge on any atom is 0.250 e. The summed E-state index contributed by atoms with van der Waals surface area (Å²) in [6.07, 6.45) is 2.43. The highest BCUT2D eigenvalue weighted by molar-refractivity contribution is 6.25. The molecule has 7 rings (SSSR count). The van der Waals surface area contributed by atoms with Crippen LogP contribution in [0.4, 0.5) is 11.4 Å². The third-order valence-electron chi connectivity index (χ3n) is 8.07. The SMILES string of the molecule is COc1ccc(N2C(=O)[C@@H]3[C@H](Cc4c[nH]c5ccccc45)N[C@@]4(C(=O)Nc5ccccc54)[C@@H]3C2=O)cc1. The molecule has 3 amide bonds. The lowest BCUT2D eigenvalue weighted by Gasteiger charge is -2.29. The molecule has 0 unspecified atom stereocenters. The van der Waals surface area contributed by atoms with Crippen molar-refractivity contribution in [1.82, 2.24) is 10.3 Å². The number of nitrogens with one attached hydrogen (secondary N) is 3. The van der Waals surface area contributed by atoms with Crippen LogP contribution in [0.2, 0.25) is 0 Å². The number of rotatable bonds is 4. The summed E-state index contributed by atoms with van der Waals surface area (Å²) in [6.45, 7) is 0. The Kier molecular flexibility index (Phi) is 4.59. The molecule has 0 radical (unpaired) electrons. The van der Waals surface area contributed by atoms with Crippen molar-refractivity contribution < 1.29 is 19.1 Å². The largest absolute Gasteiger partial charge is 0.497 e. The smallest absolute Gasteiger partial charge is 0.250 e. The van der Waals surface area contributed by atoms with Gasteiger partial charge in [0.15, 0.2) is 0 Å². The van der Waals surface area contributed by atoms with Crippen LogP contribution in [0.5, 0.6) is 5.75 Å². The summed E-state index contributed by atoms with van der Waals surface area (Å²) in [5, 5.41) is 7.52. The van der Waals surface area contributed by atoms with E-state index in [0.717, 1.165) is 16.5 Å². The molecule has 8 nitrogen and oxygen atoms in total. The van der Waals surface area contributed by atoms with Crippen LogP contribution in [0.15, 0.2) is 79.0 Å². The minimum Gasteiger partial charge on any atom is -0.497 e. The molecule has 184 valence electrons. The number of ether oxygens (including phenoxy) is 1. The molecule has 8 heteroatoms. The average Bonchev–Trinajstić information content (AvgIpc) is 3.63. The van der Waals surface area contributed by atoms with E-state index in [9.17, 15) is 14.4 Å². The van der Waals surface area contributed by atoms with Crippen LogP contribution in [0, 0.1) is 11.8 Å². The number of hydrogen-bond acceptors (Lipinski definition) is 5. The third-order valence-corrected chi connectivity index (χ3v) is 8.07. The molecular formula is C29H24N4O4. The highest BCUT2D eigenvalue weighted by atomic mass is 16.5. The third kappa shape index (κ3) is 2.90. The van der Waals surface area contributed by atoms with E-state index < -0.39 is 23.4 Å². The summed E-state index contributed by atoms with van der Waals surface area (Å²) in [5.74, 6) is -1.93. The number of para-hydroxylation sites is 2. The summed E-state index contributed by atoms with van der Waals surface area (Å²) in [6, 6.07) is 21.8. The summed E-state index contributed by atoms with van der Waals surface area (Å²) < 4.78 is 5.25. The first-order valence-electron chi connectivity index (χ1n) is 12.3. The summed E-state index contributed by atoms with van der Waals surface area (Å²) in [4.78, 5) is 46.3. The number of H-pyrrole nitrogens is 1. The molecule has 2 saturated heterocycles. The molecule has 3 N–H and O–H groups in total. The Labute approximate surface area is 212 Å². The van der Waals surface area contributed by atoms with E-state index in [1.54, 1.807) is 31.4 Å². The summed E-state index contributed by atoms with van der Waals surface area (Å²) >= 11 is 0. The van der Waals surface area contributed by atoms with Gasteiger partial charge in [0.1, 0.15) is 11.3 Å². The number of carbonyl (C=O) groups is 3. The first kappa shape index (κ1) is 21.8. The van der Waals surface area contributed by atoms with Gasteiger partial charge in [-0.15, -0.1) is 0 Å². The number of aromatic nitrogens is 1. The normalized spacial score (nSPS) is 26.1. The number of methoxy groups -OCH3 is 1. The standard InChI is InChI=1S/C29H24N4O4/c1-37-18-12-10-17(11-13-18)33-26(34)24-23(14-16-15-30-21-8-4-2-6-19(16)21)32-29(25(24)27(33)35)20-7-3-5-9-22(20)31-28(29)36/h2-13,15,23-25,30,32H,14H2,1H3,(H,31,36)/t23-,24+,25-,29+/m0/s1. The minimum atomic E-state index is -1.33. The molecule has 3 aliphatic heterocycles. The molecule has 1 spiro atoms. The zero-order valence-corrected chi connectivity index (χ0v) is 20.0. The fourth-order valence-corrected chi connectivity index (χ4v) is 6.46. The van der Waals surface area contributed by atoms with E-state index in [1.165, 1.54) is 4.90 Å². The van der Waals surface area contributed by atoms with Crippen molar-refractivity contribution in [2.75, 3.05) is 17.3 Å². The highest BCUT2D eigenvalue weighted by Gasteiger charge is 2.70. The molecule has 0 saturated carbocycles. The van der Waals surface area contributed by atoms with Crippen molar-refractivity contribution in [3.8, 4) is 5.75 Å². The van der Waals surface area contributed by atoms with Gasteiger partial charge in [0, 0.05) is 34.4 Å². The van der Waals surface area contributed by atoms with Crippen LogP contribution in [0.1, 0.15) is 11.1 Å². The summed E-state index contributed by atoms with van der Waals surface area (Å²) in [5.41, 5.74) is 2.53. The second-order valence-electron chi connectivity index (χ2n) is 9.84. The van der Waals surface area contributed by atoms with Crippen LogP contribution >= 0.6 is 0 Å². The van der Waals surface area contributed by atoms with Gasteiger partial charge in [0.25, 0.3) is 0 Å². The Balaban J connectivity index is 1.36. The highest BCUT2D eigenvalue weighted by Crippen LogP contribution is 2.54. The van der Waals surface area contributed by atoms with Crippen LogP contribution in [-0.2, 0) is 26.3 Å². The Bertz CT molecular complexity index is 1590.